The number of para-hydroxylation sites is 1. The third kappa shape index (κ3) is 5.03. The number of amides is 1. The highest BCUT2D eigenvalue weighted by Gasteiger charge is 2.26. The number of carbonyl (C=O) groups is 2. The molecule has 10 heteroatoms. The highest BCUT2D eigenvalue weighted by molar-refractivity contribution is 5.86. The number of hydrogen-bond acceptors (Lipinski definition) is 7. The van der Waals surface area contributed by atoms with Gasteiger partial charge in [0.15, 0.2) is 17.5 Å². The van der Waals surface area contributed by atoms with E-state index >= 15 is 0 Å². The summed E-state index contributed by atoms with van der Waals surface area (Å²) in [6, 6.07) is 19.5. The van der Waals surface area contributed by atoms with Crippen LogP contribution in [0, 0.1) is 0 Å². The van der Waals surface area contributed by atoms with E-state index in [0.717, 1.165) is 27.9 Å². The fourth-order valence-electron chi connectivity index (χ4n) is 4.09. The van der Waals surface area contributed by atoms with E-state index in [9.17, 15) is 9.59 Å². The van der Waals surface area contributed by atoms with E-state index in [4.69, 9.17) is 9.47 Å². The Morgan fingerprint density at radius 3 is 2.59 bits per heavy atom. The lowest BCUT2D eigenvalue weighted by Gasteiger charge is -2.19. The van der Waals surface area contributed by atoms with Gasteiger partial charge in [-0.1, -0.05) is 47.7 Å². The lowest BCUT2D eigenvalue weighted by Crippen LogP contribution is -2.33. The minimum atomic E-state index is -0.759. The number of carbonyl (C=O) groups excluding carboxylic acids is 2. The largest absolute Gasteiger partial charge is 0.493 e. The number of aromatic amines is 1. The summed E-state index contributed by atoms with van der Waals surface area (Å²) in [5.41, 5.74) is 4.79. The van der Waals surface area contributed by atoms with Crippen molar-refractivity contribution in [2.75, 3.05) is 7.11 Å². The maximum Gasteiger partial charge on any atom is 0.308 e. The van der Waals surface area contributed by atoms with E-state index in [2.05, 4.69) is 25.6 Å². The van der Waals surface area contributed by atoms with Crippen molar-refractivity contribution in [3.63, 3.8) is 0 Å². The highest BCUT2D eigenvalue weighted by Crippen LogP contribution is 2.29. The summed E-state index contributed by atoms with van der Waals surface area (Å²) in [6.07, 6.45) is 3.36. The van der Waals surface area contributed by atoms with Crippen LogP contribution in [0.3, 0.4) is 0 Å². The maximum absolute atomic E-state index is 13.6. The van der Waals surface area contributed by atoms with Gasteiger partial charge in [-0.2, -0.15) is 0 Å². The van der Waals surface area contributed by atoms with Crippen LogP contribution in [-0.2, 0) is 16.1 Å². The Bertz CT molecular complexity index is 1540. The van der Waals surface area contributed by atoms with Crippen LogP contribution in [0.25, 0.3) is 22.3 Å². The average Bonchev–Trinajstić information content (AvgIpc) is 3.59. The first kappa shape index (κ1) is 23.7. The Balaban J connectivity index is 1.43. The molecule has 3 aromatic carbocycles. The summed E-state index contributed by atoms with van der Waals surface area (Å²) in [7, 11) is 1.49. The van der Waals surface area contributed by atoms with Gasteiger partial charge >= 0.3 is 5.97 Å². The van der Waals surface area contributed by atoms with Crippen LogP contribution >= 0.6 is 0 Å². The van der Waals surface area contributed by atoms with Crippen molar-refractivity contribution in [3.8, 4) is 22.8 Å². The molecule has 1 amide bonds. The predicted octanol–water partition coefficient (Wildman–Crippen LogP) is 3.66. The van der Waals surface area contributed by atoms with Gasteiger partial charge in [-0.05, 0) is 41.0 Å². The maximum atomic E-state index is 13.6. The van der Waals surface area contributed by atoms with Crippen molar-refractivity contribution in [3.05, 3.63) is 90.4 Å². The molecule has 37 heavy (non-hydrogen) atoms. The number of methoxy groups -OCH3 is 1. The van der Waals surface area contributed by atoms with E-state index in [1.165, 1.54) is 14.0 Å². The standard InChI is InChI=1S/C27H24N6O4/c1-17(34)37-24-12-7-18(13-25(24)36-2)14-29-27(35)26(33-23-6-4-3-5-21(23)31-32-33)20-10-8-19(9-11-20)22-15-28-16-30-22/h3-13,15-16,26H,14H2,1-2H3,(H,28,30)(H,29,35). The molecule has 0 radical (unpaired) electrons. The molecule has 186 valence electrons. The number of ether oxygens (including phenoxy) is 2. The molecule has 1 unspecified atom stereocenters. The summed E-state index contributed by atoms with van der Waals surface area (Å²) in [5.74, 6) is 0.0123. The minimum absolute atomic E-state index is 0.227. The number of nitrogens with one attached hydrogen (secondary N) is 2. The van der Waals surface area contributed by atoms with Crippen molar-refractivity contribution in [2.24, 2.45) is 0 Å². The number of fused-ring (bicyclic) bond motifs is 1. The van der Waals surface area contributed by atoms with Gasteiger partial charge < -0.3 is 19.8 Å². The number of aromatic nitrogens is 5. The van der Waals surface area contributed by atoms with E-state index in [1.54, 1.807) is 35.4 Å². The molecule has 2 N–H and O–H groups in total. The Morgan fingerprint density at radius 1 is 1.05 bits per heavy atom. The van der Waals surface area contributed by atoms with E-state index in [0.29, 0.717) is 17.0 Å². The molecule has 0 spiro atoms. The van der Waals surface area contributed by atoms with Crippen molar-refractivity contribution >= 4 is 22.9 Å². The van der Waals surface area contributed by atoms with Gasteiger partial charge in [0, 0.05) is 13.5 Å². The second-order valence-corrected chi connectivity index (χ2v) is 8.31. The topological polar surface area (TPSA) is 124 Å². The smallest absolute Gasteiger partial charge is 0.308 e. The zero-order valence-corrected chi connectivity index (χ0v) is 20.2. The van der Waals surface area contributed by atoms with E-state index < -0.39 is 12.0 Å². The summed E-state index contributed by atoms with van der Waals surface area (Å²) in [6.45, 7) is 1.55. The number of rotatable bonds is 8. The molecule has 5 rings (SSSR count). The van der Waals surface area contributed by atoms with Gasteiger partial charge in [0.05, 0.1) is 30.8 Å². The Labute approximate surface area is 212 Å². The first-order chi connectivity index (χ1) is 18.0. The summed E-state index contributed by atoms with van der Waals surface area (Å²) < 4.78 is 12.1. The fourth-order valence-corrected chi connectivity index (χ4v) is 4.09. The van der Waals surface area contributed by atoms with Crippen LogP contribution in [0.5, 0.6) is 11.5 Å². The summed E-state index contributed by atoms with van der Waals surface area (Å²) >= 11 is 0. The number of hydrogen-bond donors (Lipinski definition) is 2. The molecule has 0 saturated heterocycles. The second-order valence-electron chi connectivity index (χ2n) is 8.31. The molecule has 5 aromatic rings. The summed E-state index contributed by atoms with van der Waals surface area (Å²) in [5, 5.41) is 11.5. The van der Waals surface area contributed by atoms with Crippen molar-refractivity contribution in [2.45, 2.75) is 19.5 Å². The fraction of sp³-hybridized carbons (Fsp3) is 0.148. The van der Waals surface area contributed by atoms with Crippen LogP contribution in [0.15, 0.2) is 79.3 Å². The van der Waals surface area contributed by atoms with Crippen LogP contribution in [0.2, 0.25) is 0 Å². The van der Waals surface area contributed by atoms with E-state index in [1.807, 2.05) is 48.5 Å². The zero-order valence-electron chi connectivity index (χ0n) is 20.2. The number of H-pyrrole nitrogens is 1. The Morgan fingerprint density at radius 2 is 1.86 bits per heavy atom. The third-order valence-corrected chi connectivity index (χ3v) is 5.85. The van der Waals surface area contributed by atoms with Crippen LogP contribution in [-0.4, -0.2) is 43.9 Å². The molecule has 2 aromatic heterocycles. The monoisotopic (exact) mass is 496 g/mol. The lowest BCUT2D eigenvalue weighted by molar-refractivity contribution is -0.132. The van der Waals surface area contributed by atoms with Gasteiger partial charge in [0.2, 0.25) is 5.91 Å². The Kier molecular flexibility index (Phi) is 6.62. The Hall–Kier alpha value is -4.99. The number of benzene rings is 3. The van der Waals surface area contributed by atoms with Crippen LogP contribution in [0.1, 0.15) is 24.1 Å². The average molecular weight is 497 g/mol. The predicted molar refractivity (Wildman–Crippen MR) is 136 cm³/mol. The third-order valence-electron chi connectivity index (χ3n) is 5.85. The molecule has 0 bridgehead atoms. The van der Waals surface area contributed by atoms with Gasteiger partial charge in [-0.25, -0.2) is 9.67 Å². The van der Waals surface area contributed by atoms with E-state index in [-0.39, 0.29) is 12.5 Å². The second kappa shape index (κ2) is 10.3. The molecular formula is C27H24N6O4. The van der Waals surface area contributed by atoms with Gasteiger partial charge in [-0.15, -0.1) is 5.10 Å². The first-order valence-electron chi connectivity index (χ1n) is 11.5. The van der Waals surface area contributed by atoms with Crippen LogP contribution < -0.4 is 14.8 Å². The minimum Gasteiger partial charge on any atom is -0.493 e. The zero-order chi connectivity index (χ0) is 25.8. The molecule has 10 nitrogen and oxygen atoms in total. The molecule has 1 atom stereocenters. The van der Waals surface area contributed by atoms with Crippen molar-refractivity contribution in [1.82, 2.24) is 30.3 Å². The van der Waals surface area contributed by atoms with Gasteiger partial charge in [-0.3, -0.25) is 9.59 Å². The number of imidazole rings is 1. The number of esters is 1. The SMILES string of the molecule is COc1cc(CNC(=O)C(c2ccc(-c3cnc[nH]3)cc2)n2nnc3ccccc32)ccc1OC(C)=O. The van der Waals surface area contributed by atoms with Gasteiger partial charge in [0.25, 0.3) is 0 Å². The molecule has 0 aliphatic rings. The number of nitrogens with zero attached hydrogens (tertiary/aromatic N) is 4. The molecule has 0 saturated carbocycles. The normalized spacial score (nSPS) is 11.7. The van der Waals surface area contributed by atoms with Crippen LogP contribution in [0.4, 0.5) is 0 Å². The molecule has 0 aliphatic heterocycles. The van der Waals surface area contributed by atoms with Crippen molar-refractivity contribution < 1.29 is 19.1 Å². The molecule has 0 aliphatic carbocycles. The van der Waals surface area contributed by atoms with Crippen molar-refractivity contribution in [1.29, 1.82) is 0 Å². The lowest BCUT2D eigenvalue weighted by atomic mass is 10.0. The van der Waals surface area contributed by atoms with Gasteiger partial charge in [0.1, 0.15) is 5.52 Å². The highest BCUT2D eigenvalue weighted by atomic mass is 16.6. The molecule has 2 heterocycles. The summed E-state index contributed by atoms with van der Waals surface area (Å²) in [4.78, 5) is 32.1. The molecular weight excluding hydrogens is 472 g/mol. The molecule has 0 fully saturated rings. The first-order valence-corrected chi connectivity index (χ1v) is 11.5. The quantitative estimate of drug-likeness (QED) is 0.248.